The number of aryl methyl sites for hydroxylation is 1. The lowest BCUT2D eigenvalue weighted by Crippen LogP contribution is -2.62. The van der Waals surface area contributed by atoms with Crippen molar-refractivity contribution in [2.24, 2.45) is 21.7 Å². The second kappa shape index (κ2) is 21.0. The van der Waals surface area contributed by atoms with Crippen molar-refractivity contribution in [3.05, 3.63) is 90.3 Å². The van der Waals surface area contributed by atoms with Crippen LogP contribution in [0, 0.1) is 16.7 Å². The maximum Gasteiger partial charge on any atom is 0.324 e. The van der Waals surface area contributed by atoms with Crippen LogP contribution in [-0.2, 0) is 52.8 Å². The maximum absolute atomic E-state index is 14.8. The van der Waals surface area contributed by atoms with Gasteiger partial charge < -0.3 is 29.2 Å². The van der Waals surface area contributed by atoms with Crippen molar-refractivity contribution in [2.75, 3.05) is 40.4 Å². The molecular weight excluding hydrogens is 847 g/mol. The summed E-state index contributed by atoms with van der Waals surface area (Å²) in [7, 11) is 3.28. The molecule has 0 saturated carbocycles. The number of nitrogens with zero attached hydrogens (tertiary/aromatic N) is 5. The fraction of sp³-hybridized carbons (Fsp3) is 0.509. The smallest absolute Gasteiger partial charge is 0.324 e. The number of hydrazine groups is 1. The second-order valence-electron chi connectivity index (χ2n) is 19.7. The molecule has 0 spiro atoms. The van der Waals surface area contributed by atoms with Crippen LogP contribution in [0.4, 0.5) is 0 Å². The molecule has 67 heavy (non-hydrogen) atoms. The quantitative estimate of drug-likeness (QED) is 0.0861. The number of benzene rings is 2. The van der Waals surface area contributed by atoms with Crippen molar-refractivity contribution in [3.8, 4) is 11.1 Å². The lowest BCUT2D eigenvalue weighted by Gasteiger charge is -2.38. The molecule has 3 aliphatic rings. The summed E-state index contributed by atoms with van der Waals surface area (Å²) in [6, 6.07) is 11.7. The number of esters is 1. The van der Waals surface area contributed by atoms with Crippen LogP contribution in [0.3, 0.4) is 0 Å². The molecule has 1 aromatic heterocycles. The summed E-state index contributed by atoms with van der Waals surface area (Å²) in [5.41, 5.74) is 9.12. The molecule has 2 aromatic carbocycles. The lowest BCUT2D eigenvalue weighted by molar-refractivity contribution is -0.155. The molecule has 6 bridgehead atoms. The van der Waals surface area contributed by atoms with Crippen molar-refractivity contribution in [1.29, 1.82) is 0 Å². The number of rotatable bonds is 12. The van der Waals surface area contributed by atoms with Crippen molar-refractivity contribution in [3.63, 3.8) is 0 Å². The van der Waals surface area contributed by atoms with Gasteiger partial charge in [0.05, 0.1) is 29.5 Å². The van der Waals surface area contributed by atoms with E-state index in [1.807, 2.05) is 58.9 Å². The Hall–Kier alpha value is -5.86. The van der Waals surface area contributed by atoms with Gasteiger partial charge in [-0.25, -0.2) is 5.43 Å². The van der Waals surface area contributed by atoms with Crippen LogP contribution in [0.1, 0.15) is 91.5 Å². The average Bonchev–Trinajstić information content (AvgIpc) is 3.86. The number of carbonyl (C=O) groups is 5. The van der Waals surface area contributed by atoms with E-state index in [1.54, 1.807) is 25.3 Å². The molecule has 14 nitrogen and oxygen atoms in total. The van der Waals surface area contributed by atoms with E-state index in [0.29, 0.717) is 45.3 Å². The normalized spacial score (nSPS) is 22.5. The molecule has 14 heteroatoms. The number of likely N-dealkylation sites (N-methyl/N-ethyl adjacent to an activating group) is 1. The molecule has 4 heterocycles. The maximum atomic E-state index is 14.8. The molecule has 3 aromatic rings. The molecule has 6 rings (SSSR count). The molecule has 2 fully saturated rings. The Labute approximate surface area is 396 Å². The lowest BCUT2D eigenvalue weighted by atomic mass is 9.84. The summed E-state index contributed by atoms with van der Waals surface area (Å²) in [5, 5.41) is 5.54. The number of carbonyl (C=O) groups excluding carboxylic acids is 5. The third-order valence-electron chi connectivity index (χ3n) is 13.7. The van der Waals surface area contributed by atoms with Gasteiger partial charge in [0.2, 0.25) is 17.7 Å². The largest absolute Gasteiger partial charge is 0.464 e. The van der Waals surface area contributed by atoms with E-state index in [-0.39, 0.29) is 43.4 Å². The summed E-state index contributed by atoms with van der Waals surface area (Å²) < 4.78 is 14.3. The predicted molar refractivity (Wildman–Crippen MR) is 264 cm³/mol. The van der Waals surface area contributed by atoms with Crippen molar-refractivity contribution >= 4 is 52.3 Å². The first-order valence-electron chi connectivity index (χ1n) is 23.7. The van der Waals surface area contributed by atoms with E-state index in [9.17, 15) is 24.0 Å². The fourth-order valence-corrected chi connectivity index (χ4v) is 10.1. The van der Waals surface area contributed by atoms with Gasteiger partial charge in [-0.05, 0) is 99.8 Å². The molecule has 0 aliphatic carbocycles. The average molecular weight is 918 g/mol. The van der Waals surface area contributed by atoms with E-state index >= 15 is 0 Å². The number of ether oxygens (including phenoxy) is 2. The molecule has 0 radical (unpaired) electrons. The first-order chi connectivity index (χ1) is 31.8. The van der Waals surface area contributed by atoms with E-state index in [0.717, 1.165) is 50.1 Å². The van der Waals surface area contributed by atoms with E-state index in [4.69, 9.17) is 14.5 Å². The highest BCUT2D eigenvalue weighted by atomic mass is 16.5. The van der Waals surface area contributed by atoms with Gasteiger partial charge in [-0.2, -0.15) is 0 Å². The highest BCUT2D eigenvalue weighted by Gasteiger charge is 2.46. The Morgan fingerprint density at radius 1 is 1.06 bits per heavy atom. The zero-order valence-corrected chi connectivity index (χ0v) is 41.2. The first-order valence-corrected chi connectivity index (χ1v) is 23.7. The standard InChI is InChI=1S/C53H71N7O7/c1-13-38(45(54-15-3)34(7)66-12)47-40-30-52(8,9)32-67-50(64)41-21-18-25-60(56-41)49(63)42(28-35-19-17-20-36(27-35)37-22-23-43(39(40)29-37)59(47)16-4)55-48(62)46(33(5)6)57(11)51(65)53(10)24-26-58(31-53)44(61)14-2/h13-15,17,19-20,22-23,27,29,33-34,41-42,46,56H,1-2,16,18,21,24-26,28,30-32H2,3-12H3,(H,55,62)/b45-38+,54-15-/t34-,41-,42-,46-,53-/m0/s1. The van der Waals surface area contributed by atoms with Gasteiger partial charge in [0.15, 0.2) is 0 Å². The third-order valence-corrected chi connectivity index (χ3v) is 13.7. The Balaban J connectivity index is 1.45. The SMILES string of the molecule is C=CC(=O)N1CC[C@](C)(C(=O)N(C)[C@H](C(=O)N[C@H]2Cc3cccc(c3)-c3ccc4c(c3)c(c(/C(C=C)=C(/N=C\C)[C@H](C)OC)n4CC)CC(C)(C)COC(=O)[C@@H]3CCCN(N3)C2=O)C(C)C)C1. The second-order valence-corrected chi connectivity index (χ2v) is 19.7. The summed E-state index contributed by atoms with van der Waals surface area (Å²) >= 11 is 0. The minimum atomic E-state index is -1.07. The first kappa shape index (κ1) is 50.6. The Morgan fingerprint density at radius 3 is 2.45 bits per heavy atom. The van der Waals surface area contributed by atoms with Crippen molar-refractivity contribution in [2.45, 2.75) is 118 Å². The van der Waals surface area contributed by atoms with Gasteiger partial charge in [-0.15, -0.1) is 0 Å². The minimum absolute atomic E-state index is 0.114. The zero-order chi connectivity index (χ0) is 49.0. The highest BCUT2D eigenvalue weighted by Crippen LogP contribution is 2.40. The van der Waals surface area contributed by atoms with Crippen LogP contribution in [-0.4, -0.2) is 120 Å². The van der Waals surface area contributed by atoms with Crippen LogP contribution >= 0.6 is 0 Å². The summed E-state index contributed by atoms with van der Waals surface area (Å²) in [6.45, 7) is 25.3. The summed E-state index contributed by atoms with van der Waals surface area (Å²) in [5.74, 6) is -2.18. The van der Waals surface area contributed by atoms with Gasteiger partial charge in [0.25, 0.3) is 5.91 Å². The summed E-state index contributed by atoms with van der Waals surface area (Å²) in [6.07, 6.45) is 6.66. The van der Waals surface area contributed by atoms with Gasteiger partial charge in [-0.3, -0.25) is 34.0 Å². The number of nitrogens with one attached hydrogen (secondary N) is 2. The van der Waals surface area contributed by atoms with Gasteiger partial charge in [-0.1, -0.05) is 77.3 Å². The van der Waals surface area contributed by atoms with Gasteiger partial charge >= 0.3 is 5.97 Å². The number of methoxy groups -OCH3 is 1. The Bertz CT molecular complexity index is 2470. The van der Waals surface area contributed by atoms with Crippen LogP contribution in [0.5, 0.6) is 0 Å². The van der Waals surface area contributed by atoms with Crippen molar-refractivity contribution < 1.29 is 33.4 Å². The highest BCUT2D eigenvalue weighted by molar-refractivity contribution is 5.97. The van der Waals surface area contributed by atoms with Gasteiger partial charge in [0, 0.05) is 74.9 Å². The van der Waals surface area contributed by atoms with Crippen LogP contribution < -0.4 is 10.7 Å². The molecule has 2 N–H and O–H groups in total. The molecule has 0 unspecified atom stereocenters. The van der Waals surface area contributed by atoms with E-state index in [2.05, 4.69) is 73.5 Å². The number of aromatic nitrogens is 1. The van der Waals surface area contributed by atoms with Crippen LogP contribution in [0.15, 0.2) is 78.5 Å². The Morgan fingerprint density at radius 2 is 1.79 bits per heavy atom. The van der Waals surface area contributed by atoms with Crippen molar-refractivity contribution in [1.82, 2.24) is 30.1 Å². The molecule has 3 aliphatic heterocycles. The molecule has 5 atom stereocenters. The molecular formula is C53H71N7O7. The number of fused-ring (bicyclic) bond motifs is 6. The zero-order valence-electron chi connectivity index (χ0n) is 41.2. The number of amides is 4. The number of allylic oxidation sites excluding steroid dienone is 2. The molecule has 2 saturated heterocycles. The minimum Gasteiger partial charge on any atom is -0.464 e. The van der Waals surface area contributed by atoms with Crippen LogP contribution in [0.25, 0.3) is 27.6 Å². The van der Waals surface area contributed by atoms with E-state index in [1.165, 1.54) is 16.0 Å². The monoisotopic (exact) mass is 918 g/mol. The number of hydrogen-bond donors (Lipinski definition) is 2. The summed E-state index contributed by atoms with van der Waals surface area (Å²) in [4.78, 5) is 77.9. The number of hydrogen-bond acceptors (Lipinski definition) is 9. The van der Waals surface area contributed by atoms with Gasteiger partial charge in [0.1, 0.15) is 18.1 Å². The van der Waals surface area contributed by atoms with E-state index < -0.39 is 46.7 Å². The number of likely N-dealkylation sites (tertiary alicyclic amines) is 1. The number of aliphatic imine (C=N–C) groups is 1. The topological polar surface area (TPSA) is 155 Å². The van der Waals surface area contributed by atoms with Crippen LogP contribution in [0.2, 0.25) is 0 Å². The Kier molecular flexibility index (Phi) is 15.8. The predicted octanol–water partition coefficient (Wildman–Crippen LogP) is 6.91. The third kappa shape index (κ3) is 10.7. The molecule has 4 amide bonds. The molecule has 360 valence electrons. The fourth-order valence-electron chi connectivity index (χ4n) is 10.1. The number of cyclic esters (lactones) is 1.